The molecule has 5 atom stereocenters. The van der Waals surface area contributed by atoms with E-state index in [1.54, 1.807) is 84.9 Å². The summed E-state index contributed by atoms with van der Waals surface area (Å²) in [6, 6.07) is 11.9. The first-order valence-electron chi connectivity index (χ1n) is 19.0. The summed E-state index contributed by atoms with van der Waals surface area (Å²) >= 11 is 6.03. The van der Waals surface area contributed by atoms with Gasteiger partial charge in [0.05, 0.1) is 11.7 Å². The van der Waals surface area contributed by atoms with Gasteiger partial charge in [-0.1, -0.05) is 81.1 Å². The number of ether oxygens (including phenoxy) is 2. The molecule has 2 aromatic rings. The maximum Gasteiger partial charge on any atom is 0.407 e. The molecule has 12 nitrogen and oxygen atoms in total. The van der Waals surface area contributed by atoms with E-state index in [9.17, 15) is 33.9 Å². The molecular formula is C42H60ClN3O9. The highest BCUT2D eigenvalue weighted by atomic mass is 35.5. The molecular weight excluding hydrogens is 726 g/mol. The van der Waals surface area contributed by atoms with E-state index in [1.807, 2.05) is 19.1 Å². The van der Waals surface area contributed by atoms with Crippen molar-refractivity contribution in [1.29, 1.82) is 0 Å². The van der Waals surface area contributed by atoms with Crippen molar-refractivity contribution in [3.05, 3.63) is 59.1 Å². The highest BCUT2D eigenvalue weighted by Crippen LogP contribution is 2.24. The molecule has 0 radical (unpaired) electrons. The Balaban J connectivity index is 2.32. The normalized spacial score (nSPS) is 14.4. The van der Waals surface area contributed by atoms with Crippen molar-refractivity contribution < 1.29 is 43.3 Å². The molecule has 0 bridgehead atoms. The van der Waals surface area contributed by atoms with Gasteiger partial charge in [-0.15, -0.1) is 0 Å². The zero-order valence-electron chi connectivity index (χ0n) is 33.8. The van der Waals surface area contributed by atoms with Crippen LogP contribution >= 0.6 is 11.6 Å². The second kappa shape index (κ2) is 21.7. The largest absolute Gasteiger partial charge is 0.480 e. The molecule has 55 heavy (non-hydrogen) atoms. The van der Waals surface area contributed by atoms with Crippen LogP contribution in [-0.4, -0.2) is 76.5 Å². The lowest BCUT2D eigenvalue weighted by molar-refractivity contribution is -0.143. The molecule has 3 amide bonds. The number of unbranched alkanes of at least 4 members (excludes halogenated alkanes) is 2. The summed E-state index contributed by atoms with van der Waals surface area (Å²) in [6.07, 6.45) is 0.583. The lowest BCUT2D eigenvalue weighted by Crippen LogP contribution is -2.53. The van der Waals surface area contributed by atoms with Gasteiger partial charge in [-0.3, -0.25) is 19.2 Å². The summed E-state index contributed by atoms with van der Waals surface area (Å²) < 4.78 is 11.4. The lowest BCUT2D eigenvalue weighted by atomic mass is 9.91. The van der Waals surface area contributed by atoms with Gasteiger partial charge >= 0.3 is 12.1 Å². The van der Waals surface area contributed by atoms with E-state index >= 15 is 0 Å². The van der Waals surface area contributed by atoms with E-state index in [0.717, 1.165) is 24.0 Å². The molecule has 13 heteroatoms. The number of hydrogen-bond acceptors (Lipinski definition) is 8. The number of Topliss-reactive ketones (excluding diaryl/α,β-unsaturated/α-hetero) is 2. The number of aliphatic carboxylic acids is 1. The molecule has 0 fully saturated rings. The first kappa shape index (κ1) is 46.9. The minimum absolute atomic E-state index is 0.00263. The number of ketones is 2. The smallest absolute Gasteiger partial charge is 0.407 e. The summed E-state index contributed by atoms with van der Waals surface area (Å²) in [5.74, 6) is -5.06. The van der Waals surface area contributed by atoms with Gasteiger partial charge in [0.2, 0.25) is 11.8 Å². The van der Waals surface area contributed by atoms with Crippen LogP contribution in [0, 0.1) is 11.8 Å². The minimum Gasteiger partial charge on any atom is -0.480 e. The summed E-state index contributed by atoms with van der Waals surface area (Å²) in [7, 11) is 0. The summed E-state index contributed by atoms with van der Waals surface area (Å²) in [5, 5.41) is 18.2. The zero-order chi connectivity index (χ0) is 41.5. The van der Waals surface area contributed by atoms with Crippen LogP contribution in [0.15, 0.2) is 48.5 Å². The molecule has 4 N–H and O–H groups in total. The Morgan fingerprint density at radius 2 is 1.35 bits per heavy atom. The average molecular weight is 786 g/mol. The van der Waals surface area contributed by atoms with Gasteiger partial charge < -0.3 is 30.5 Å². The Bertz CT molecular complexity index is 1600. The lowest BCUT2D eigenvalue weighted by Gasteiger charge is -2.32. The Morgan fingerprint density at radius 3 is 1.87 bits per heavy atom. The number of carbonyl (C=O) groups is 6. The molecule has 0 heterocycles. The fraction of sp³-hybridized carbons (Fsp3) is 0.571. The number of amides is 3. The average Bonchev–Trinajstić information content (AvgIpc) is 3.08. The monoisotopic (exact) mass is 785 g/mol. The number of benzene rings is 2. The quantitative estimate of drug-likeness (QED) is 0.0735. The highest BCUT2D eigenvalue weighted by Gasteiger charge is 2.35. The van der Waals surface area contributed by atoms with Crippen LogP contribution in [0.2, 0.25) is 5.02 Å². The Morgan fingerprint density at radius 1 is 0.764 bits per heavy atom. The van der Waals surface area contributed by atoms with Crippen LogP contribution in [0.5, 0.6) is 0 Å². The van der Waals surface area contributed by atoms with Crippen molar-refractivity contribution in [3.63, 3.8) is 0 Å². The van der Waals surface area contributed by atoms with E-state index in [2.05, 4.69) is 16.0 Å². The number of alkyl carbamates (subject to hydrolysis) is 1. The third-order valence-corrected chi connectivity index (χ3v) is 8.92. The highest BCUT2D eigenvalue weighted by molar-refractivity contribution is 6.30. The number of carbonyl (C=O) groups excluding carboxylic acids is 5. The number of hydrogen-bond donors (Lipinski definition) is 4. The molecule has 0 aliphatic heterocycles. The third kappa shape index (κ3) is 17.4. The molecule has 0 aliphatic rings. The van der Waals surface area contributed by atoms with Crippen molar-refractivity contribution in [2.75, 3.05) is 6.54 Å². The number of nitrogens with one attached hydrogen (secondary N) is 3. The van der Waals surface area contributed by atoms with E-state index in [4.69, 9.17) is 21.1 Å². The zero-order valence-corrected chi connectivity index (χ0v) is 34.5. The molecule has 2 aromatic carbocycles. The van der Waals surface area contributed by atoms with Crippen molar-refractivity contribution in [2.45, 2.75) is 137 Å². The Hall–Kier alpha value is -4.29. The van der Waals surface area contributed by atoms with Gasteiger partial charge in [0.15, 0.2) is 11.6 Å². The van der Waals surface area contributed by atoms with Crippen molar-refractivity contribution in [3.8, 4) is 11.1 Å². The maximum absolute atomic E-state index is 14.1. The number of carboxylic acids is 1. The minimum atomic E-state index is -1.21. The topological polar surface area (TPSA) is 177 Å². The van der Waals surface area contributed by atoms with E-state index in [1.165, 1.54) is 6.92 Å². The van der Waals surface area contributed by atoms with Gasteiger partial charge in [-0.2, -0.15) is 0 Å². The second-order valence-corrected chi connectivity index (χ2v) is 16.5. The van der Waals surface area contributed by atoms with Crippen molar-refractivity contribution >= 4 is 47.0 Å². The number of carboxylic acid groups (broad SMARTS) is 1. The SMILES string of the molecule is CCCCC[C@H](NC(=O)[C@H](C)CC(=O)[C@@H](NC(=O)[C@H](CCNC(=O)OC(C)(C)C)CC(=O)c1ccc(-c2ccc(Cl)cc2)cc1)[C@@H](C)OC(C)(C)C)C(=O)O. The van der Waals surface area contributed by atoms with E-state index < -0.39 is 70.9 Å². The van der Waals surface area contributed by atoms with Crippen molar-refractivity contribution in [2.24, 2.45) is 11.8 Å². The molecule has 0 aliphatic carbocycles. The molecule has 2 rings (SSSR count). The van der Waals surface area contributed by atoms with Crippen LogP contribution < -0.4 is 16.0 Å². The predicted octanol–water partition coefficient (Wildman–Crippen LogP) is 7.54. The molecule has 0 spiro atoms. The summed E-state index contributed by atoms with van der Waals surface area (Å²) in [5.41, 5.74) is 0.710. The molecule has 0 aromatic heterocycles. The standard InChI is InChI=1S/C42H60ClN3O9/c1-10-11-12-13-33(39(51)52)45-37(49)26(2)24-35(48)36(27(3)54-41(4,5)6)46-38(50)31(22-23-44-40(53)55-42(7,8)9)25-34(47)30-16-14-28(15-17-30)29-18-20-32(43)21-19-29/h14-21,26-27,31,33,36H,10-13,22-25H2,1-9H3,(H,44,53)(H,45,49)(H,46,50)(H,51,52)/t26-,27-,31-,33+,36+/m1/s1. The molecule has 0 saturated heterocycles. The van der Waals surface area contributed by atoms with E-state index in [0.29, 0.717) is 17.0 Å². The van der Waals surface area contributed by atoms with Crippen LogP contribution in [0.4, 0.5) is 4.79 Å². The van der Waals surface area contributed by atoms with Crippen LogP contribution in [0.3, 0.4) is 0 Å². The van der Waals surface area contributed by atoms with E-state index in [-0.39, 0.29) is 38.0 Å². The first-order chi connectivity index (χ1) is 25.6. The second-order valence-electron chi connectivity index (χ2n) is 16.0. The Labute approximate surface area is 330 Å². The van der Waals surface area contributed by atoms with Gasteiger partial charge in [0.1, 0.15) is 17.7 Å². The van der Waals surface area contributed by atoms with Gasteiger partial charge in [0, 0.05) is 41.8 Å². The first-order valence-corrected chi connectivity index (χ1v) is 19.4. The fourth-order valence-electron chi connectivity index (χ4n) is 5.87. The number of halogens is 1. The molecule has 0 saturated carbocycles. The fourth-order valence-corrected chi connectivity index (χ4v) is 5.99. The maximum atomic E-state index is 14.1. The Kier molecular flexibility index (Phi) is 18.5. The summed E-state index contributed by atoms with van der Waals surface area (Å²) in [6.45, 7) is 15.7. The molecule has 0 unspecified atom stereocenters. The summed E-state index contributed by atoms with van der Waals surface area (Å²) in [4.78, 5) is 78.9. The van der Waals surface area contributed by atoms with Gasteiger partial charge in [0.25, 0.3) is 0 Å². The van der Waals surface area contributed by atoms with Crippen LogP contribution in [-0.2, 0) is 28.7 Å². The van der Waals surface area contributed by atoms with Crippen molar-refractivity contribution in [1.82, 2.24) is 16.0 Å². The predicted molar refractivity (Wildman–Crippen MR) is 213 cm³/mol. The van der Waals surface area contributed by atoms with Gasteiger partial charge in [-0.05, 0) is 84.6 Å². The molecule has 304 valence electrons. The van der Waals surface area contributed by atoms with Gasteiger partial charge in [-0.25, -0.2) is 9.59 Å². The third-order valence-electron chi connectivity index (χ3n) is 8.67. The van der Waals surface area contributed by atoms with Crippen LogP contribution in [0.1, 0.15) is 118 Å². The van der Waals surface area contributed by atoms with Crippen LogP contribution in [0.25, 0.3) is 11.1 Å². The number of rotatable bonds is 21.